The van der Waals surface area contributed by atoms with Gasteiger partial charge in [0.15, 0.2) is 11.5 Å². The molecule has 0 bridgehead atoms. The van der Waals surface area contributed by atoms with Gasteiger partial charge >= 0.3 is 0 Å². The molecule has 0 spiro atoms. The lowest BCUT2D eigenvalue weighted by Gasteiger charge is -2.13. The smallest absolute Gasteiger partial charge is 0.231 e. The first-order chi connectivity index (χ1) is 12.4. The van der Waals surface area contributed by atoms with Gasteiger partial charge < -0.3 is 14.8 Å². The van der Waals surface area contributed by atoms with Gasteiger partial charge in [-0.2, -0.15) is 0 Å². The van der Waals surface area contributed by atoms with Gasteiger partial charge in [0.05, 0.1) is 21.5 Å². The monoisotopic (exact) mass is 365 g/mol. The molecule has 0 aliphatic carbocycles. The molecule has 1 aromatic heterocycles. The van der Waals surface area contributed by atoms with Crippen LogP contribution < -0.4 is 14.8 Å². The van der Waals surface area contributed by atoms with Crippen LogP contribution in [0.2, 0.25) is 0 Å². The summed E-state index contributed by atoms with van der Waals surface area (Å²) in [5.41, 5.74) is 3.51. The van der Waals surface area contributed by atoms with E-state index in [0.29, 0.717) is 6.79 Å². The normalized spacial score (nSPS) is 18.1. The van der Waals surface area contributed by atoms with Gasteiger partial charge in [-0.25, -0.2) is 0 Å². The number of para-hydroxylation sites is 1. The van der Waals surface area contributed by atoms with Gasteiger partial charge in [-0.05, 0) is 47.4 Å². The van der Waals surface area contributed by atoms with E-state index >= 15 is 0 Å². The zero-order valence-electron chi connectivity index (χ0n) is 13.3. The minimum atomic E-state index is 0.197. The van der Waals surface area contributed by atoms with Crippen LogP contribution in [0.15, 0.2) is 70.9 Å². The maximum atomic E-state index is 5.56. The lowest BCUT2D eigenvalue weighted by molar-refractivity contribution is 0.174. The van der Waals surface area contributed by atoms with E-state index in [1.807, 2.05) is 17.8 Å². The molecule has 3 heterocycles. The Morgan fingerprint density at radius 2 is 1.88 bits per heavy atom. The molecule has 0 saturated heterocycles. The van der Waals surface area contributed by atoms with Crippen molar-refractivity contribution in [1.29, 1.82) is 0 Å². The number of rotatable bonds is 2. The van der Waals surface area contributed by atoms with Gasteiger partial charge in [0, 0.05) is 4.90 Å². The quantitative estimate of drug-likeness (QED) is 0.624. The molecule has 3 aromatic rings. The van der Waals surface area contributed by atoms with E-state index in [2.05, 4.69) is 65.3 Å². The summed E-state index contributed by atoms with van der Waals surface area (Å²) in [5.74, 6) is 1.65. The van der Waals surface area contributed by atoms with Crippen molar-refractivity contribution in [3.63, 3.8) is 0 Å². The molecule has 0 saturated carbocycles. The maximum Gasteiger partial charge on any atom is 0.231 e. The summed E-state index contributed by atoms with van der Waals surface area (Å²) >= 11 is 3.59. The first kappa shape index (κ1) is 14.9. The Balaban J connectivity index is 1.60. The third-order valence-corrected chi connectivity index (χ3v) is 6.42. The minimum Gasteiger partial charge on any atom is -0.454 e. The summed E-state index contributed by atoms with van der Waals surface area (Å²) in [5, 5.41) is 5.91. The summed E-state index contributed by atoms with van der Waals surface area (Å²) in [4.78, 5) is 2.48. The van der Waals surface area contributed by atoms with E-state index in [4.69, 9.17) is 9.47 Å². The summed E-state index contributed by atoms with van der Waals surface area (Å²) in [7, 11) is 0. The molecule has 0 fully saturated rings. The topological polar surface area (TPSA) is 30.5 Å². The van der Waals surface area contributed by atoms with Gasteiger partial charge in [-0.3, -0.25) is 0 Å². The predicted octanol–water partition coefficient (Wildman–Crippen LogP) is 5.78. The zero-order chi connectivity index (χ0) is 16.6. The molecule has 5 rings (SSSR count). The largest absolute Gasteiger partial charge is 0.454 e. The molecule has 5 heteroatoms. The number of thiophene rings is 1. The number of fused-ring (bicyclic) bond motifs is 2. The average Bonchev–Trinajstić information content (AvgIpc) is 3.29. The second-order valence-corrected chi connectivity index (χ2v) is 7.96. The second kappa shape index (κ2) is 6.17. The molecular weight excluding hydrogens is 350 g/mol. The van der Waals surface area contributed by atoms with E-state index in [9.17, 15) is 0 Å². The van der Waals surface area contributed by atoms with Gasteiger partial charge in [0.2, 0.25) is 6.79 Å². The minimum absolute atomic E-state index is 0.197. The Kier molecular flexibility index (Phi) is 3.68. The number of anilines is 1. The SMILES string of the molecule is C1=C(c2cccs2)Nc2ccccc2SC1c1ccc2c(c1)OCO2. The van der Waals surface area contributed by atoms with Crippen LogP contribution in [-0.4, -0.2) is 6.79 Å². The van der Waals surface area contributed by atoms with Crippen LogP contribution in [0.1, 0.15) is 15.7 Å². The van der Waals surface area contributed by atoms with Crippen LogP contribution in [-0.2, 0) is 0 Å². The van der Waals surface area contributed by atoms with Gasteiger partial charge in [-0.15, -0.1) is 23.1 Å². The molecule has 0 amide bonds. The predicted molar refractivity (Wildman–Crippen MR) is 104 cm³/mol. The fourth-order valence-electron chi connectivity index (χ4n) is 3.01. The standard InChI is InChI=1S/C20H15NO2S2/c1-2-5-19-14(4-1)21-15(18-6-3-9-24-18)11-20(25-19)13-7-8-16-17(10-13)23-12-22-16/h1-11,20-21H,12H2. The van der Waals surface area contributed by atoms with Gasteiger partial charge in [0.1, 0.15) is 0 Å². The van der Waals surface area contributed by atoms with Crippen LogP contribution in [0, 0.1) is 0 Å². The van der Waals surface area contributed by atoms with Crippen LogP contribution in [0.4, 0.5) is 5.69 Å². The Morgan fingerprint density at radius 1 is 0.960 bits per heavy atom. The van der Waals surface area contributed by atoms with Crippen molar-refractivity contribution in [1.82, 2.24) is 0 Å². The summed E-state index contributed by atoms with van der Waals surface area (Å²) < 4.78 is 11.0. The van der Waals surface area contributed by atoms with E-state index in [0.717, 1.165) is 22.9 Å². The average molecular weight is 365 g/mol. The van der Waals surface area contributed by atoms with Crippen LogP contribution in [0.5, 0.6) is 11.5 Å². The number of nitrogens with one attached hydrogen (secondary N) is 1. The fourth-order valence-corrected chi connectivity index (χ4v) is 4.88. The van der Waals surface area contributed by atoms with Crippen molar-refractivity contribution in [2.75, 3.05) is 12.1 Å². The highest BCUT2D eigenvalue weighted by Gasteiger charge is 2.22. The molecule has 1 unspecified atom stereocenters. The Hall–Kier alpha value is -2.37. The molecule has 1 N–H and O–H groups in total. The van der Waals surface area contributed by atoms with E-state index < -0.39 is 0 Å². The van der Waals surface area contributed by atoms with Crippen molar-refractivity contribution in [2.24, 2.45) is 0 Å². The molecule has 0 radical (unpaired) electrons. The fraction of sp³-hybridized carbons (Fsp3) is 0.100. The zero-order valence-corrected chi connectivity index (χ0v) is 14.9. The third-order valence-electron chi connectivity index (χ3n) is 4.24. The molecule has 3 nitrogen and oxygen atoms in total. The van der Waals surface area contributed by atoms with Crippen molar-refractivity contribution in [2.45, 2.75) is 10.1 Å². The number of benzene rings is 2. The Labute approximate surface area is 154 Å². The highest BCUT2D eigenvalue weighted by Crippen LogP contribution is 2.46. The highest BCUT2D eigenvalue weighted by atomic mass is 32.2. The van der Waals surface area contributed by atoms with Crippen molar-refractivity contribution in [3.05, 3.63) is 76.5 Å². The Morgan fingerprint density at radius 3 is 2.80 bits per heavy atom. The van der Waals surface area contributed by atoms with E-state index in [1.165, 1.54) is 15.3 Å². The van der Waals surface area contributed by atoms with Crippen molar-refractivity contribution < 1.29 is 9.47 Å². The van der Waals surface area contributed by atoms with Crippen LogP contribution in [0.25, 0.3) is 5.70 Å². The molecule has 2 aliphatic heterocycles. The van der Waals surface area contributed by atoms with Gasteiger partial charge in [0.25, 0.3) is 0 Å². The first-order valence-corrected chi connectivity index (χ1v) is 9.81. The number of hydrogen-bond donors (Lipinski definition) is 1. The van der Waals surface area contributed by atoms with Gasteiger partial charge in [-0.1, -0.05) is 24.3 Å². The number of thioether (sulfide) groups is 1. The maximum absolute atomic E-state index is 5.56. The summed E-state index contributed by atoms with van der Waals surface area (Å²) in [6, 6.07) is 18.9. The lowest BCUT2D eigenvalue weighted by Crippen LogP contribution is -1.97. The second-order valence-electron chi connectivity index (χ2n) is 5.83. The van der Waals surface area contributed by atoms with Crippen LogP contribution >= 0.6 is 23.1 Å². The van der Waals surface area contributed by atoms with E-state index in [1.54, 1.807) is 11.3 Å². The van der Waals surface area contributed by atoms with E-state index in [-0.39, 0.29) is 5.25 Å². The third kappa shape index (κ3) is 2.79. The molecule has 2 aromatic carbocycles. The number of ether oxygens (including phenoxy) is 2. The molecular formula is C20H15NO2S2. The van der Waals surface area contributed by atoms with Crippen molar-refractivity contribution in [3.8, 4) is 11.5 Å². The summed E-state index contributed by atoms with van der Waals surface area (Å²) in [6.45, 7) is 0.303. The first-order valence-electron chi connectivity index (χ1n) is 8.05. The molecule has 124 valence electrons. The Bertz CT molecular complexity index is 950. The molecule has 1 atom stereocenters. The van der Waals surface area contributed by atoms with Crippen molar-refractivity contribution >= 4 is 34.5 Å². The highest BCUT2D eigenvalue weighted by molar-refractivity contribution is 7.99. The van der Waals surface area contributed by atoms with Crippen LogP contribution in [0.3, 0.4) is 0 Å². The molecule has 25 heavy (non-hydrogen) atoms. The summed E-state index contributed by atoms with van der Waals surface area (Å²) in [6.07, 6.45) is 2.30. The molecule has 2 aliphatic rings. The lowest BCUT2D eigenvalue weighted by atomic mass is 10.1. The number of hydrogen-bond acceptors (Lipinski definition) is 5.